The lowest BCUT2D eigenvalue weighted by Gasteiger charge is -2.10. The van der Waals surface area contributed by atoms with Gasteiger partial charge >= 0.3 is 0 Å². The van der Waals surface area contributed by atoms with E-state index in [1.165, 1.54) is 16.9 Å². The number of hydrogen-bond acceptors (Lipinski definition) is 4. The van der Waals surface area contributed by atoms with E-state index in [4.69, 9.17) is 4.74 Å². The molecule has 1 heterocycles. The Labute approximate surface area is 149 Å². The van der Waals surface area contributed by atoms with Crippen molar-refractivity contribution < 1.29 is 9.13 Å². The fourth-order valence-electron chi connectivity index (χ4n) is 2.53. The third kappa shape index (κ3) is 3.59. The molecule has 0 atom stereocenters. The minimum absolute atomic E-state index is 0.298. The summed E-state index contributed by atoms with van der Waals surface area (Å²) in [5.41, 5.74) is 1.64. The number of para-hydroxylation sites is 2. The largest absolute Gasteiger partial charge is 0.457 e. The second-order valence-electron chi connectivity index (χ2n) is 5.67. The van der Waals surface area contributed by atoms with Gasteiger partial charge in [0.05, 0.1) is 6.54 Å². The molecule has 0 radical (unpaired) electrons. The Kier molecular flexibility index (Phi) is 4.38. The van der Waals surface area contributed by atoms with E-state index in [0.717, 1.165) is 17.1 Å². The fourth-order valence-corrected chi connectivity index (χ4v) is 2.53. The van der Waals surface area contributed by atoms with Crippen molar-refractivity contribution >= 4 is 0 Å². The Bertz CT molecular complexity index is 1000. The van der Waals surface area contributed by atoms with Crippen LogP contribution in [-0.2, 0) is 6.54 Å². The minimum atomic E-state index is -0.298. The summed E-state index contributed by atoms with van der Waals surface area (Å²) in [6, 6.07) is 23.3. The number of nitrogens with zero attached hydrogens (tertiary/aromatic N) is 4. The van der Waals surface area contributed by atoms with Gasteiger partial charge in [-0.3, -0.25) is 0 Å². The lowest BCUT2D eigenvalue weighted by atomic mass is 10.2. The van der Waals surface area contributed by atoms with Crippen LogP contribution in [0, 0.1) is 5.82 Å². The molecule has 4 aromatic rings. The summed E-state index contributed by atoms with van der Waals surface area (Å²) >= 11 is 0. The molecule has 26 heavy (non-hydrogen) atoms. The molecule has 0 amide bonds. The zero-order valence-corrected chi connectivity index (χ0v) is 13.8. The van der Waals surface area contributed by atoms with Crippen LogP contribution in [0.25, 0.3) is 11.4 Å². The molecule has 5 nitrogen and oxygen atoms in total. The number of rotatable bonds is 5. The molecule has 0 spiro atoms. The number of tetrazole rings is 1. The molecular weight excluding hydrogens is 331 g/mol. The third-order valence-corrected chi connectivity index (χ3v) is 3.81. The topological polar surface area (TPSA) is 52.8 Å². The maximum Gasteiger partial charge on any atom is 0.204 e. The third-order valence-electron chi connectivity index (χ3n) is 3.81. The average molecular weight is 346 g/mol. The van der Waals surface area contributed by atoms with Crippen molar-refractivity contribution in [3.63, 3.8) is 0 Å². The van der Waals surface area contributed by atoms with E-state index in [1.54, 1.807) is 12.1 Å². The van der Waals surface area contributed by atoms with Crippen LogP contribution in [0.1, 0.15) is 5.56 Å². The quantitative estimate of drug-likeness (QED) is 0.540. The summed E-state index contributed by atoms with van der Waals surface area (Å²) in [6.45, 7) is 0.414. The summed E-state index contributed by atoms with van der Waals surface area (Å²) in [5, 5.41) is 12.5. The first-order valence-electron chi connectivity index (χ1n) is 8.12. The smallest absolute Gasteiger partial charge is 0.204 e. The van der Waals surface area contributed by atoms with E-state index >= 15 is 0 Å². The summed E-state index contributed by atoms with van der Waals surface area (Å²) in [6.07, 6.45) is 0. The summed E-state index contributed by atoms with van der Waals surface area (Å²) in [7, 11) is 0. The Morgan fingerprint density at radius 2 is 1.58 bits per heavy atom. The van der Waals surface area contributed by atoms with Crippen LogP contribution in [-0.4, -0.2) is 20.2 Å². The van der Waals surface area contributed by atoms with Crippen molar-refractivity contribution in [1.29, 1.82) is 0 Å². The first-order valence-corrected chi connectivity index (χ1v) is 8.12. The van der Waals surface area contributed by atoms with E-state index < -0.39 is 0 Å². The van der Waals surface area contributed by atoms with Gasteiger partial charge in [-0.2, -0.15) is 4.80 Å². The van der Waals surface area contributed by atoms with Crippen LogP contribution < -0.4 is 4.74 Å². The Balaban J connectivity index is 1.55. The summed E-state index contributed by atoms with van der Waals surface area (Å²) < 4.78 is 19.0. The van der Waals surface area contributed by atoms with E-state index in [0.29, 0.717) is 17.9 Å². The maximum atomic E-state index is 13.0. The molecule has 6 heteroatoms. The average Bonchev–Trinajstić information content (AvgIpc) is 3.13. The lowest BCUT2D eigenvalue weighted by molar-refractivity contribution is 0.466. The fraction of sp³-hybridized carbons (Fsp3) is 0.0500. The van der Waals surface area contributed by atoms with Crippen LogP contribution in [0.3, 0.4) is 0 Å². The standard InChI is InChI=1S/C20H15FN4O/c21-17-12-10-15(11-13-17)20-22-24-25(23-20)14-16-6-4-5-9-19(16)26-18-7-2-1-3-8-18/h1-13H,14H2. The minimum Gasteiger partial charge on any atom is -0.457 e. The molecule has 0 N–H and O–H groups in total. The van der Waals surface area contributed by atoms with Gasteiger partial charge in [0.25, 0.3) is 0 Å². The highest BCUT2D eigenvalue weighted by atomic mass is 19.1. The van der Waals surface area contributed by atoms with Crippen molar-refractivity contribution in [2.24, 2.45) is 0 Å². The van der Waals surface area contributed by atoms with E-state index in [9.17, 15) is 4.39 Å². The van der Waals surface area contributed by atoms with Gasteiger partial charge in [0.2, 0.25) is 5.82 Å². The SMILES string of the molecule is Fc1ccc(-c2nnn(Cc3ccccc3Oc3ccccc3)n2)cc1. The van der Waals surface area contributed by atoms with Gasteiger partial charge in [-0.15, -0.1) is 10.2 Å². The molecule has 0 aliphatic heterocycles. The zero-order chi connectivity index (χ0) is 17.8. The first kappa shape index (κ1) is 16.0. The second-order valence-corrected chi connectivity index (χ2v) is 5.67. The molecule has 4 rings (SSSR count). The number of benzene rings is 3. The van der Waals surface area contributed by atoms with E-state index in [1.807, 2.05) is 54.6 Å². The number of ether oxygens (including phenoxy) is 1. The molecule has 3 aromatic carbocycles. The van der Waals surface area contributed by atoms with Crippen molar-refractivity contribution in [3.05, 3.63) is 90.2 Å². The van der Waals surface area contributed by atoms with Gasteiger partial charge in [0.1, 0.15) is 17.3 Å². The lowest BCUT2D eigenvalue weighted by Crippen LogP contribution is -2.05. The van der Waals surface area contributed by atoms with E-state index in [-0.39, 0.29) is 5.82 Å². The van der Waals surface area contributed by atoms with Gasteiger partial charge in [-0.05, 0) is 47.7 Å². The maximum absolute atomic E-state index is 13.0. The highest BCUT2D eigenvalue weighted by Gasteiger charge is 2.10. The van der Waals surface area contributed by atoms with E-state index in [2.05, 4.69) is 15.4 Å². The van der Waals surface area contributed by atoms with Gasteiger partial charge in [-0.1, -0.05) is 36.4 Å². The normalized spacial score (nSPS) is 10.7. The monoisotopic (exact) mass is 346 g/mol. The molecule has 0 aliphatic rings. The molecule has 128 valence electrons. The van der Waals surface area contributed by atoms with Crippen LogP contribution >= 0.6 is 0 Å². The first-order chi connectivity index (χ1) is 12.8. The van der Waals surface area contributed by atoms with Crippen molar-refractivity contribution in [2.45, 2.75) is 6.54 Å². The highest BCUT2D eigenvalue weighted by Crippen LogP contribution is 2.25. The van der Waals surface area contributed by atoms with Crippen molar-refractivity contribution in [2.75, 3.05) is 0 Å². The Hall–Kier alpha value is -3.54. The van der Waals surface area contributed by atoms with Gasteiger partial charge in [0, 0.05) is 11.1 Å². The molecule has 0 saturated carbocycles. The Morgan fingerprint density at radius 3 is 2.38 bits per heavy atom. The summed E-state index contributed by atoms with van der Waals surface area (Å²) in [5.74, 6) is 1.65. The zero-order valence-electron chi connectivity index (χ0n) is 13.8. The number of hydrogen-bond donors (Lipinski definition) is 0. The molecule has 1 aromatic heterocycles. The summed E-state index contributed by atoms with van der Waals surface area (Å²) in [4.78, 5) is 1.49. The van der Waals surface area contributed by atoms with Crippen LogP contribution in [0.15, 0.2) is 78.9 Å². The van der Waals surface area contributed by atoms with Gasteiger partial charge in [-0.25, -0.2) is 4.39 Å². The molecule has 0 aliphatic carbocycles. The number of aromatic nitrogens is 4. The van der Waals surface area contributed by atoms with Crippen LogP contribution in [0.4, 0.5) is 4.39 Å². The Morgan fingerprint density at radius 1 is 0.846 bits per heavy atom. The molecule has 0 bridgehead atoms. The number of halogens is 1. The van der Waals surface area contributed by atoms with Crippen LogP contribution in [0.2, 0.25) is 0 Å². The molecule has 0 fully saturated rings. The van der Waals surface area contributed by atoms with Crippen LogP contribution in [0.5, 0.6) is 11.5 Å². The second kappa shape index (κ2) is 7.14. The molecule has 0 saturated heterocycles. The van der Waals surface area contributed by atoms with Gasteiger partial charge < -0.3 is 4.74 Å². The predicted octanol–water partition coefficient (Wildman–Crippen LogP) is 4.32. The van der Waals surface area contributed by atoms with Crippen molar-refractivity contribution in [3.8, 4) is 22.9 Å². The molecular formula is C20H15FN4O. The molecule has 0 unspecified atom stereocenters. The predicted molar refractivity (Wildman–Crippen MR) is 95.3 cm³/mol. The highest BCUT2D eigenvalue weighted by molar-refractivity contribution is 5.53. The van der Waals surface area contributed by atoms with Gasteiger partial charge in [0.15, 0.2) is 0 Å². The van der Waals surface area contributed by atoms with Crippen molar-refractivity contribution in [1.82, 2.24) is 20.2 Å².